The van der Waals surface area contributed by atoms with Crippen molar-refractivity contribution in [3.8, 4) is 0 Å². The number of nitrogens with zero attached hydrogens (tertiary/aromatic N) is 3. The predicted octanol–water partition coefficient (Wildman–Crippen LogP) is 4.33. The lowest BCUT2D eigenvalue weighted by Crippen LogP contribution is -2.53. The molecule has 0 aliphatic carbocycles. The molecule has 0 radical (unpaired) electrons. The van der Waals surface area contributed by atoms with Gasteiger partial charge in [0.25, 0.3) is 0 Å². The van der Waals surface area contributed by atoms with E-state index < -0.39 is 0 Å². The van der Waals surface area contributed by atoms with E-state index in [1.54, 1.807) is 5.56 Å². The predicted molar refractivity (Wildman–Crippen MR) is 109 cm³/mol. The normalized spacial score (nSPS) is 20.6. The molecular weight excluding hydrogens is 306 g/mol. The zero-order chi connectivity index (χ0) is 18.0. The van der Waals surface area contributed by atoms with Crippen LogP contribution in [0.25, 0.3) is 0 Å². The first-order valence-corrected chi connectivity index (χ1v) is 10.2. The number of rotatable bonds is 4. The molecule has 3 rings (SSSR count). The summed E-state index contributed by atoms with van der Waals surface area (Å²) in [5.74, 6) is 0.591. The maximum absolute atomic E-state index is 2.64. The third-order valence-corrected chi connectivity index (χ3v) is 5.94. The molecule has 140 valence electrons. The molecule has 0 atom stereocenters. The summed E-state index contributed by atoms with van der Waals surface area (Å²) in [6.07, 6.45) is 2.69. The Morgan fingerprint density at radius 3 is 2.12 bits per heavy atom. The lowest BCUT2D eigenvalue weighted by atomic mass is 9.95. The van der Waals surface area contributed by atoms with E-state index in [0.717, 1.165) is 6.54 Å². The highest BCUT2D eigenvalue weighted by Crippen LogP contribution is 2.29. The van der Waals surface area contributed by atoms with E-state index in [1.807, 2.05) is 0 Å². The molecule has 2 heterocycles. The van der Waals surface area contributed by atoms with Crippen LogP contribution < -0.4 is 4.90 Å². The highest BCUT2D eigenvalue weighted by molar-refractivity contribution is 5.52. The van der Waals surface area contributed by atoms with Gasteiger partial charge in [-0.1, -0.05) is 19.9 Å². The van der Waals surface area contributed by atoms with Gasteiger partial charge >= 0.3 is 0 Å². The minimum atomic E-state index is 0.298. The van der Waals surface area contributed by atoms with Crippen molar-refractivity contribution in [2.75, 3.05) is 44.2 Å². The summed E-state index contributed by atoms with van der Waals surface area (Å²) in [5, 5.41) is 0. The summed E-state index contributed by atoms with van der Waals surface area (Å²) in [4.78, 5) is 7.81. The molecule has 0 aromatic heterocycles. The Morgan fingerprint density at radius 2 is 1.56 bits per heavy atom. The SMILES string of the molecule is CC(C)c1cc(N2CCCC2)ccc1CN1CCN(C(C)(C)C)CC1. The van der Waals surface area contributed by atoms with Gasteiger partial charge in [0.05, 0.1) is 0 Å². The number of anilines is 1. The molecular formula is C22H37N3. The second-order valence-corrected chi connectivity index (χ2v) is 9.17. The molecule has 0 bridgehead atoms. The third kappa shape index (κ3) is 4.57. The molecule has 2 fully saturated rings. The maximum atomic E-state index is 2.64. The molecule has 1 aromatic carbocycles. The molecule has 0 amide bonds. The molecule has 0 N–H and O–H groups in total. The molecule has 2 aliphatic rings. The summed E-state index contributed by atoms with van der Waals surface area (Å²) < 4.78 is 0. The van der Waals surface area contributed by atoms with Gasteiger partial charge in [-0.05, 0) is 62.8 Å². The largest absolute Gasteiger partial charge is 0.372 e. The fraction of sp³-hybridized carbons (Fsp3) is 0.727. The van der Waals surface area contributed by atoms with Gasteiger partial charge in [0.15, 0.2) is 0 Å². The van der Waals surface area contributed by atoms with Crippen LogP contribution in [0.1, 0.15) is 64.5 Å². The molecule has 25 heavy (non-hydrogen) atoms. The Hall–Kier alpha value is -1.06. The second-order valence-electron chi connectivity index (χ2n) is 9.17. The van der Waals surface area contributed by atoms with E-state index in [1.165, 1.54) is 63.4 Å². The topological polar surface area (TPSA) is 9.72 Å². The van der Waals surface area contributed by atoms with Crippen LogP contribution in [0.5, 0.6) is 0 Å². The summed E-state index contributed by atoms with van der Waals surface area (Å²) in [6, 6.07) is 7.23. The van der Waals surface area contributed by atoms with Crippen LogP contribution in [0.4, 0.5) is 5.69 Å². The lowest BCUT2D eigenvalue weighted by Gasteiger charge is -2.42. The minimum absolute atomic E-state index is 0.298. The van der Waals surface area contributed by atoms with Crippen molar-refractivity contribution in [1.29, 1.82) is 0 Å². The summed E-state index contributed by atoms with van der Waals surface area (Å²) in [7, 11) is 0. The molecule has 1 aromatic rings. The Morgan fingerprint density at radius 1 is 0.920 bits per heavy atom. The van der Waals surface area contributed by atoms with E-state index >= 15 is 0 Å². The van der Waals surface area contributed by atoms with Crippen molar-refractivity contribution in [1.82, 2.24) is 9.80 Å². The van der Waals surface area contributed by atoms with Crippen LogP contribution >= 0.6 is 0 Å². The van der Waals surface area contributed by atoms with Crippen molar-refractivity contribution < 1.29 is 0 Å². The fourth-order valence-corrected chi connectivity index (χ4v) is 4.25. The first-order chi connectivity index (χ1) is 11.8. The maximum Gasteiger partial charge on any atom is 0.0369 e. The molecule has 3 heteroatoms. The van der Waals surface area contributed by atoms with Crippen molar-refractivity contribution in [2.24, 2.45) is 0 Å². The molecule has 3 nitrogen and oxygen atoms in total. The van der Waals surface area contributed by atoms with E-state index in [2.05, 4.69) is 67.5 Å². The van der Waals surface area contributed by atoms with E-state index in [0.29, 0.717) is 11.5 Å². The molecule has 0 unspecified atom stereocenters. The van der Waals surface area contributed by atoms with Gasteiger partial charge in [0.2, 0.25) is 0 Å². The Kier molecular flexibility index (Phi) is 5.75. The van der Waals surface area contributed by atoms with Gasteiger partial charge < -0.3 is 4.90 Å². The van der Waals surface area contributed by atoms with Crippen molar-refractivity contribution in [3.05, 3.63) is 29.3 Å². The highest BCUT2D eigenvalue weighted by atomic mass is 15.3. The van der Waals surface area contributed by atoms with Crippen LogP contribution in [0, 0.1) is 0 Å². The monoisotopic (exact) mass is 343 g/mol. The molecule has 2 aliphatic heterocycles. The van der Waals surface area contributed by atoms with E-state index in [-0.39, 0.29) is 0 Å². The van der Waals surface area contributed by atoms with Gasteiger partial charge in [-0.25, -0.2) is 0 Å². The van der Waals surface area contributed by atoms with Gasteiger partial charge in [-0.2, -0.15) is 0 Å². The first kappa shape index (κ1) is 18.7. The van der Waals surface area contributed by atoms with Crippen LogP contribution in [-0.4, -0.2) is 54.6 Å². The summed E-state index contributed by atoms with van der Waals surface area (Å²) in [5.41, 5.74) is 4.80. The van der Waals surface area contributed by atoms with E-state index in [4.69, 9.17) is 0 Å². The average molecular weight is 344 g/mol. The van der Waals surface area contributed by atoms with Gasteiger partial charge in [-0.15, -0.1) is 0 Å². The van der Waals surface area contributed by atoms with Crippen LogP contribution in [0.2, 0.25) is 0 Å². The number of benzene rings is 1. The average Bonchev–Trinajstić information content (AvgIpc) is 3.09. The minimum Gasteiger partial charge on any atom is -0.372 e. The Balaban J connectivity index is 1.68. The van der Waals surface area contributed by atoms with Crippen molar-refractivity contribution in [3.63, 3.8) is 0 Å². The fourth-order valence-electron chi connectivity index (χ4n) is 4.25. The second kappa shape index (κ2) is 7.67. The van der Waals surface area contributed by atoms with Crippen molar-refractivity contribution >= 4 is 5.69 Å². The molecule has 0 spiro atoms. The highest BCUT2D eigenvalue weighted by Gasteiger charge is 2.26. The lowest BCUT2D eigenvalue weighted by molar-refractivity contribution is 0.0589. The standard InChI is InChI=1S/C22H37N3/c1-18(2)21-16-20(24-10-6-7-11-24)9-8-19(21)17-23-12-14-25(15-13-23)22(3,4)5/h8-9,16,18H,6-7,10-15,17H2,1-5H3. The zero-order valence-electron chi connectivity index (χ0n) is 17.0. The summed E-state index contributed by atoms with van der Waals surface area (Å²) in [6.45, 7) is 20.0. The third-order valence-electron chi connectivity index (χ3n) is 5.94. The number of piperazine rings is 1. The van der Waals surface area contributed by atoms with Crippen molar-refractivity contribution in [2.45, 2.75) is 65.5 Å². The van der Waals surface area contributed by atoms with Crippen LogP contribution in [0.15, 0.2) is 18.2 Å². The number of hydrogen-bond donors (Lipinski definition) is 0. The zero-order valence-corrected chi connectivity index (χ0v) is 17.0. The Bertz CT molecular complexity index is 559. The van der Waals surface area contributed by atoms with Gasteiger partial charge in [0, 0.05) is 57.0 Å². The molecule has 0 saturated carbocycles. The van der Waals surface area contributed by atoms with E-state index in [9.17, 15) is 0 Å². The Labute approximate surface area is 155 Å². The molecule has 2 saturated heterocycles. The number of hydrogen-bond acceptors (Lipinski definition) is 3. The quantitative estimate of drug-likeness (QED) is 0.806. The van der Waals surface area contributed by atoms with Gasteiger partial charge in [0.1, 0.15) is 0 Å². The first-order valence-electron chi connectivity index (χ1n) is 10.2. The van der Waals surface area contributed by atoms with Gasteiger partial charge in [-0.3, -0.25) is 9.80 Å². The van der Waals surface area contributed by atoms with Crippen LogP contribution in [-0.2, 0) is 6.54 Å². The smallest absolute Gasteiger partial charge is 0.0369 e. The summed E-state index contributed by atoms with van der Waals surface area (Å²) >= 11 is 0. The van der Waals surface area contributed by atoms with Crippen LogP contribution in [0.3, 0.4) is 0 Å².